The first-order chi connectivity index (χ1) is 9.46. The van der Waals surface area contributed by atoms with Crippen molar-refractivity contribution in [3.8, 4) is 0 Å². The number of nitrogens with two attached hydrogens (primary N) is 1. The van der Waals surface area contributed by atoms with Gasteiger partial charge in [-0.2, -0.15) is 0 Å². The van der Waals surface area contributed by atoms with E-state index in [4.69, 9.17) is 5.73 Å². The Kier molecular flexibility index (Phi) is 4.04. The van der Waals surface area contributed by atoms with Crippen LogP contribution in [-0.4, -0.2) is 23.0 Å². The Morgan fingerprint density at radius 1 is 1.30 bits per heavy atom. The normalized spacial score (nSPS) is 14.2. The second-order valence-electron chi connectivity index (χ2n) is 5.62. The fraction of sp³-hybridized carbons (Fsp3) is 0.375. The van der Waals surface area contributed by atoms with E-state index in [0.717, 1.165) is 10.9 Å². The summed E-state index contributed by atoms with van der Waals surface area (Å²) >= 11 is 0. The molecule has 1 aromatic heterocycles. The Hall–Kier alpha value is -1.94. The van der Waals surface area contributed by atoms with Gasteiger partial charge < -0.3 is 11.1 Å². The van der Waals surface area contributed by atoms with Gasteiger partial charge in [-0.25, -0.2) is 4.98 Å². The molecule has 0 saturated heterocycles. The predicted molar refractivity (Wildman–Crippen MR) is 81.5 cm³/mol. The standard InChI is InChI=1S/C16H21N3O/c1-11(2)16(3,10-17)19-15(20)14-9-8-12-6-4-5-7-13(12)18-14/h4-9,11H,10,17H2,1-3H3,(H,19,20). The van der Waals surface area contributed by atoms with Crippen LogP contribution >= 0.6 is 0 Å². The van der Waals surface area contributed by atoms with Crippen LogP contribution in [0.3, 0.4) is 0 Å². The number of hydrogen-bond acceptors (Lipinski definition) is 3. The number of nitrogens with zero attached hydrogens (tertiary/aromatic N) is 1. The van der Waals surface area contributed by atoms with E-state index in [1.54, 1.807) is 6.07 Å². The summed E-state index contributed by atoms with van der Waals surface area (Å²) in [6.07, 6.45) is 0. The van der Waals surface area contributed by atoms with Gasteiger partial charge in [0.2, 0.25) is 0 Å². The molecular formula is C16H21N3O. The first-order valence-corrected chi connectivity index (χ1v) is 6.84. The smallest absolute Gasteiger partial charge is 0.270 e. The number of carbonyl (C=O) groups is 1. The molecule has 1 heterocycles. The lowest BCUT2D eigenvalue weighted by Crippen LogP contribution is -2.55. The third kappa shape index (κ3) is 2.80. The zero-order valence-electron chi connectivity index (χ0n) is 12.2. The molecule has 1 unspecified atom stereocenters. The molecule has 4 heteroatoms. The van der Waals surface area contributed by atoms with Crippen LogP contribution in [0.25, 0.3) is 10.9 Å². The van der Waals surface area contributed by atoms with E-state index in [2.05, 4.69) is 10.3 Å². The van der Waals surface area contributed by atoms with Crippen molar-refractivity contribution in [3.05, 3.63) is 42.1 Å². The monoisotopic (exact) mass is 271 g/mol. The molecular weight excluding hydrogens is 250 g/mol. The van der Waals surface area contributed by atoms with Gasteiger partial charge in [-0.05, 0) is 25.0 Å². The summed E-state index contributed by atoms with van der Waals surface area (Å²) in [5.74, 6) is 0.0642. The van der Waals surface area contributed by atoms with Crippen molar-refractivity contribution in [2.75, 3.05) is 6.54 Å². The van der Waals surface area contributed by atoms with Gasteiger partial charge in [0.05, 0.1) is 11.1 Å². The van der Waals surface area contributed by atoms with E-state index in [0.29, 0.717) is 12.2 Å². The minimum absolute atomic E-state index is 0.183. The summed E-state index contributed by atoms with van der Waals surface area (Å²) in [5, 5.41) is 4.02. The van der Waals surface area contributed by atoms with E-state index in [-0.39, 0.29) is 11.8 Å². The van der Waals surface area contributed by atoms with Crippen molar-refractivity contribution in [1.29, 1.82) is 0 Å². The van der Waals surface area contributed by atoms with Crippen molar-refractivity contribution in [2.45, 2.75) is 26.3 Å². The lowest BCUT2D eigenvalue weighted by Gasteiger charge is -2.33. The van der Waals surface area contributed by atoms with Gasteiger partial charge >= 0.3 is 0 Å². The second-order valence-corrected chi connectivity index (χ2v) is 5.62. The largest absolute Gasteiger partial charge is 0.344 e. The molecule has 1 aromatic carbocycles. The average molecular weight is 271 g/mol. The maximum Gasteiger partial charge on any atom is 0.270 e. The number of para-hydroxylation sites is 1. The van der Waals surface area contributed by atoms with Crippen molar-refractivity contribution in [1.82, 2.24) is 10.3 Å². The number of nitrogens with one attached hydrogen (secondary N) is 1. The molecule has 0 bridgehead atoms. The average Bonchev–Trinajstić information content (AvgIpc) is 2.46. The van der Waals surface area contributed by atoms with Crippen molar-refractivity contribution in [2.24, 2.45) is 11.7 Å². The molecule has 0 radical (unpaired) electrons. The highest BCUT2D eigenvalue weighted by Gasteiger charge is 2.29. The summed E-state index contributed by atoms with van der Waals surface area (Å²) in [6.45, 7) is 6.43. The molecule has 3 N–H and O–H groups in total. The molecule has 4 nitrogen and oxygen atoms in total. The maximum absolute atomic E-state index is 12.3. The van der Waals surface area contributed by atoms with Gasteiger partial charge in [-0.15, -0.1) is 0 Å². The first-order valence-electron chi connectivity index (χ1n) is 6.84. The van der Waals surface area contributed by atoms with E-state index < -0.39 is 5.54 Å². The van der Waals surface area contributed by atoms with Crippen LogP contribution in [0.4, 0.5) is 0 Å². The molecule has 0 aliphatic rings. The van der Waals surface area contributed by atoms with E-state index in [1.165, 1.54) is 0 Å². The van der Waals surface area contributed by atoms with E-state index >= 15 is 0 Å². The minimum atomic E-state index is -0.426. The molecule has 0 spiro atoms. The predicted octanol–water partition coefficient (Wildman–Crippen LogP) is 2.34. The van der Waals surface area contributed by atoms with Crippen LogP contribution in [0.2, 0.25) is 0 Å². The van der Waals surface area contributed by atoms with Gasteiger partial charge in [0.25, 0.3) is 5.91 Å². The number of benzene rings is 1. The number of amides is 1. The Bertz CT molecular complexity index is 624. The quantitative estimate of drug-likeness (QED) is 0.897. The molecule has 2 rings (SSSR count). The molecule has 20 heavy (non-hydrogen) atoms. The van der Waals surface area contributed by atoms with E-state index in [9.17, 15) is 4.79 Å². The van der Waals surface area contributed by atoms with Gasteiger partial charge in [-0.1, -0.05) is 38.1 Å². The third-order valence-corrected chi connectivity index (χ3v) is 3.93. The molecule has 106 valence electrons. The summed E-state index contributed by atoms with van der Waals surface area (Å²) in [4.78, 5) is 16.7. The molecule has 2 aromatic rings. The minimum Gasteiger partial charge on any atom is -0.344 e. The second kappa shape index (κ2) is 5.59. The van der Waals surface area contributed by atoms with Crippen molar-refractivity contribution in [3.63, 3.8) is 0 Å². The highest BCUT2D eigenvalue weighted by molar-refractivity contribution is 5.95. The molecule has 0 saturated carbocycles. The Labute approximate surface area is 119 Å². The maximum atomic E-state index is 12.3. The number of pyridine rings is 1. The number of carbonyl (C=O) groups excluding carboxylic acids is 1. The highest BCUT2D eigenvalue weighted by atomic mass is 16.2. The Balaban J connectivity index is 2.27. The fourth-order valence-electron chi connectivity index (χ4n) is 1.95. The third-order valence-electron chi connectivity index (χ3n) is 3.93. The number of aromatic nitrogens is 1. The van der Waals surface area contributed by atoms with Crippen LogP contribution in [0.1, 0.15) is 31.3 Å². The summed E-state index contributed by atoms with van der Waals surface area (Å²) in [7, 11) is 0. The highest BCUT2D eigenvalue weighted by Crippen LogP contribution is 2.17. The lowest BCUT2D eigenvalue weighted by atomic mass is 9.88. The van der Waals surface area contributed by atoms with Gasteiger partial charge in [-0.3, -0.25) is 4.79 Å². The zero-order chi connectivity index (χ0) is 14.8. The van der Waals surface area contributed by atoms with Crippen LogP contribution in [0.5, 0.6) is 0 Å². The van der Waals surface area contributed by atoms with Gasteiger partial charge in [0, 0.05) is 11.9 Å². The van der Waals surface area contributed by atoms with Crippen molar-refractivity contribution >= 4 is 16.8 Å². The topological polar surface area (TPSA) is 68.0 Å². The number of hydrogen-bond donors (Lipinski definition) is 2. The van der Waals surface area contributed by atoms with Crippen molar-refractivity contribution < 1.29 is 4.79 Å². The molecule has 0 fully saturated rings. The fourth-order valence-corrected chi connectivity index (χ4v) is 1.95. The van der Waals surface area contributed by atoms with E-state index in [1.807, 2.05) is 51.1 Å². The molecule has 1 atom stereocenters. The zero-order valence-corrected chi connectivity index (χ0v) is 12.2. The Morgan fingerprint density at radius 2 is 2.00 bits per heavy atom. The summed E-state index contributed by atoms with van der Waals surface area (Å²) in [5.41, 5.74) is 6.60. The van der Waals surface area contributed by atoms with Crippen LogP contribution in [0, 0.1) is 5.92 Å². The number of rotatable bonds is 4. The van der Waals surface area contributed by atoms with Crippen LogP contribution < -0.4 is 11.1 Å². The Morgan fingerprint density at radius 3 is 2.65 bits per heavy atom. The summed E-state index contributed by atoms with van der Waals surface area (Å²) < 4.78 is 0. The molecule has 0 aliphatic heterocycles. The molecule has 1 amide bonds. The van der Waals surface area contributed by atoms with Gasteiger partial charge in [0.15, 0.2) is 0 Å². The van der Waals surface area contributed by atoms with Crippen LogP contribution in [0.15, 0.2) is 36.4 Å². The van der Waals surface area contributed by atoms with Gasteiger partial charge in [0.1, 0.15) is 5.69 Å². The number of fused-ring (bicyclic) bond motifs is 1. The SMILES string of the molecule is CC(C)C(C)(CN)NC(=O)c1ccc2ccccc2n1. The summed E-state index contributed by atoms with van der Waals surface area (Å²) in [6, 6.07) is 11.4. The first kappa shape index (κ1) is 14.5. The van der Waals surface area contributed by atoms with Crippen LogP contribution in [-0.2, 0) is 0 Å². The molecule has 0 aliphatic carbocycles. The lowest BCUT2D eigenvalue weighted by molar-refractivity contribution is 0.0878.